The Labute approximate surface area is 109 Å². The third-order valence-corrected chi connectivity index (χ3v) is 3.56. The van der Waals surface area contributed by atoms with E-state index < -0.39 is 0 Å². The number of fused-ring (bicyclic) bond motifs is 1. The van der Waals surface area contributed by atoms with E-state index in [4.69, 9.17) is 10.5 Å². The maximum Gasteiger partial charge on any atom is 0.230 e. The van der Waals surface area contributed by atoms with Gasteiger partial charge in [0.15, 0.2) is 5.13 Å². The Hall–Kier alpha value is -1.66. The Morgan fingerprint density at radius 3 is 3.06 bits per heavy atom. The van der Waals surface area contributed by atoms with E-state index in [9.17, 15) is 4.79 Å². The van der Waals surface area contributed by atoms with Crippen LogP contribution >= 0.6 is 11.3 Å². The van der Waals surface area contributed by atoms with Gasteiger partial charge >= 0.3 is 0 Å². The zero-order chi connectivity index (χ0) is 13.1. The second-order valence-corrected chi connectivity index (χ2v) is 5.01. The molecule has 96 valence electrons. The predicted octanol–water partition coefficient (Wildman–Crippen LogP) is 1.84. The number of rotatable bonds is 4. The Morgan fingerprint density at radius 2 is 2.39 bits per heavy atom. The molecular formula is C12H15N3O2S. The molecular weight excluding hydrogens is 250 g/mol. The lowest BCUT2D eigenvalue weighted by atomic mass is 10.2. The van der Waals surface area contributed by atoms with Crippen LogP contribution in [0.25, 0.3) is 10.2 Å². The first kappa shape index (κ1) is 12.8. The summed E-state index contributed by atoms with van der Waals surface area (Å²) >= 11 is 1.42. The molecule has 1 aromatic carbocycles. The van der Waals surface area contributed by atoms with Crippen molar-refractivity contribution in [2.24, 2.45) is 11.7 Å². The first-order valence-electron chi connectivity index (χ1n) is 5.59. The summed E-state index contributed by atoms with van der Waals surface area (Å²) in [4.78, 5) is 16.0. The molecule has 0 aliphatic heterocycles. The first-order chi connectivity index (χ1) is 8.63. The van der Waals surface area contributed by atoms with Crippen LogP contribution < -0.4 is 15.8 Å². The van der Waals surface area contributed by atoms with Crippen LogP contribution in [0.1, 0.15) is 6.92 Å². The second-order valence-electron chi connectivity index (χ2n) is 3.98. The van der Waals surface area contributed by atoms with E-state index in [1.807, 2.05) is 18.2 Å². The van der Waals surface area contributed by atoms with Gasteiger partial charge in [-0.3, -0.25) is 4.79 Å². The Balaban J connectivity index is 2.22. The van der Waals surface area contributed by atoms with Crippen LogP contribution in [0.2, 0.25) is 0 Å². The predicted molar refractivity (Wildman–Crippen MR) is 73.0 cm³/mol. The average Bonchev–Trinajstić information content (AvgIpc) is 2.78. The number of methoxy groups -OCH3 is 1. The molecule has 0 aliphatic rings. The number of aromatic nitrogens is 1. The van der Waals surface area contributed by atoms with Gasteiger partial charge in [0.2, 0.25) is 5.91 Å². The SMILES string of the molecule is COc1ccc2nc(NC(=O)C(C)CN)sc2c1. The normalized spacial score (nSPS) is 12.4. The third-order valence-electron chi connectivity index (χ3n) is 2.63. The lowest BCUT2D eigenvalue weighted by Crippen LogP contribution is -2.26. The van der Waals surface area contributed by atoms with Gasteiger partial charge in [0.1, 0.15) is 5.75 Å². The van der Waals surface area contributed by atoms with Crippen LogP contribution in [-0.2, 0) is 4.79 Å². The largest absolute Gasteiger partial charge is 0.497 e. The molecule has 0 spiro atoms. The molecule has 18 heavy (non-hydrogen) atoms. The minimum Gasteiger partial charge on any atom is -0.497 e. The number of ether oxygens (including phenoxy) is 1. The molecule has 5 nitrogen and oxygen atoms in total. The van der Waals surface area contributed by atoms with Crippen LogP contribution in [0, 0.1) is 5.92 Å². The number of nitrogens with two attached hydrogens (primary N) is 1. The zero-order valence-corrected chi connectivity index (χ0v) is 11.1. The molecule has 1 aromatic heterocycles. The number of hydrogen-bond donors (Lipinski definition) is 2. The number of nitrogens with one attached hydrogen (secondary N) is 1. The molecule has 1 amide bonds. The highest BCUT2D eigenvalue weighted by Gasteiger charge is 2.13. The fourth-order valence-corrected chi connectivity index (χ4v) is 2.32. The van der Waals surface area contributed by atoms with Crippen LogP contribution in [0.5, 0.6) is 5.75 Å². The van der Waals surface area contributed by atoms with Gasteiger partial charge < -0.3 is 15.8 Å². The number of anilines is 1. The van der Waals surface area contributed by atoms with E-state index in [0.717, 1.165) is 16.0 Å². The standard InChI is InChI=1S/C12H15N3O2S/c1-7(6-13)11(16)15-12-14-9-4-3-8(17-2)5-10(9)18-12/h3-5,7H,6,13H2,1-2H3,(H,14,15,16). The van der Waals surface area contributed by atoms with Crippen molar-refractivity contribution in [2.75, 3.05) is 19.0 Å². The Kier molecular flexibility index (Phi) is 3.78. The number of carbonyl (C=O) groups is 1. The molecule has 0 aliphatic carbocycles. The van der Waals surface area contributed by atoms with Crippen LogP contribution in [0.4, 0.5) is 5.13 Å². The molecule has 1 heterocycles. The van der Waals surface area contributed by atoms with Crippen molar-refractivity contribution in [3.05, 3.63) is 18.2 Å². The summed E-state index contributed by atoms with van der Waals surface area (Å²) in [5.74, 6) is 0.453. The fourth-order valence-electron chi connectivity index (χ4n) is 1.42. The summed E-state index contributed by atoms with van der Waals surface area (Å²) in [6.45, 7) is 2.11. The van der Waals surface area contributed by atoms with Crippen molar-refractivity contribution in [3.63, 3.8) is 0 Å². The maximum absolute atomic E-state index is 11.7. The second kappa shape index (κ2) is 5.32. The molecule has 1 atom stereocenters. The fraction of sp³-hybridized carbons (Fsp3) is 0.333. The average molecular weight is 265 g/mol. The molecule has 3 N–H and O–H groups in total. The van der Waals surface area contributed by atoms with Crippen molar-refractivity contribution in [1.29, 1.82) is 0 Å². The third kappa shape index (κ3) is 2.60. The van der Waals surface area contributed by atoms with Crippen LogP contribution in [-0.4, -0.2) is 24.5 Å². The van der Waals surface area contributed by atoms with Crippen LogP contribution in [0.3, 0.4) is 0 Å². The van der Waals surface area contributed by atoms with Gasteiger partial charge in [-0.2, -0.15) is 0 Å². The number of amides is 1. The topological polar surface area (TPSA) is 77.2 Å². The summed E-state index contributed by atoms with van der Waals surface area (Å²) in [6, 6.07) is 5.61. The number of hydrogen-bond acceptors (Lipinski definition) is 5. The molecule has 1 unspecified atom stereocenters. The first-order valence-corrected chi connectivity index (χ1v) is 6.41. The van der Waals surface area contributed by atoms with Crippen LogP contribution in [0.15, 0.2) is 18.2 Å². The quantitative estimate of drug-likeness (QED) is 0.884. The Bertz CT molecular complexity index is 567. The lowest BCUT2D eigenvalue weighted by Gasteiger charge is -2.06. The summed E-state index contributed by atoms with van der Waals surface area (Å²) in [6.07, 6.45) is 0. The molecule has 2 aromatic rings. The highest BCUT2D eigenvalue weighted by Crippen LogP contribution is 2.29. The lowest BCUT2D eigenvalue weighted by molar-refractivity contribution is -0.119. The van der Waals surface area contributed by atoms with Crippen molar-refractivity contribution < 1.29 is 9.53 Å². The number of nitrogens with zero attached hydrogens (tertiary/aromatic N) is 1. The summed E-state index contributed by atoms with van der Waals surface area (Å²) in [5.41, 5.74) is 6.29. The maximum atomic E-state index is 11.7. The van der Waals surface area contributed by atoms with Gasteiger partial charge in [0, 0.05) is 12.5 Å². The van der Waals surface area contributed by atoms with E-state index in [-0.39, 0.29) is 11.8 Å². The number of thiazole rings is 1. The van der Waals surface area contributed by atoms with Gasteiger partial charge in [-0.1, -0.05) is 18.3 Å². The minimum atomic E-state index is -0.216. The van der Waals surface area contributed by atoms with Crippen molar-refractivity contribution in [1.82, 2.24) is 4.98 Å². The zero-order valence-electron chi connectivity index (χ0n) is 10.3. The van der Waals surface area contributed by atoms with Crippen molar-refractivity contribution >= 4 is 32.6 Å². The van der Waals surface area contributed by atoms with Crippen molar-refractivity contribution in [3.8, 4) is 5.75 Å². The number of benzene rings is 1. The summed E-state index contributed by atoms with van der Waals surface area (Å²) in [5, 5.41) is 3.35. The summed E-state index contributed by atoms with van der Waals surface area (Å²) < 4.78 is 6.12. The smallest absolute Gasteiger partial charge is 0.230 e. The van der Waals surface area contributed by atoms with E-state index in [1.165, 1.54) is 11.3 Å². The highest BCUT2D eigenvalue weighted by molar-refractivity contribution is 7.22. The molecule has 0 saturated carbocycles. The molecule has 2 rings (SSSR count). The van der Waals surface area contributed by atoms with Gasteiger partial charge in [-0.25, -0.2) is 4.98 Å². The Morgan fingerprint density at radius 1 is 1.61 bits per heavy atom. The van der Waals surface area contributed by atoms with Gasteiger partial charge in [-0.05, 0) is 18.2 Å². The summed E-state index contributed by atoms with van der Waals surface area (Å²) in [7, 11) is 1.62. The molecule has 0 bridgehead atoms. The number of carbonyl (C=O) groups excluding carboxylic acids is 1. The van der Waals surface area contributed by atoms with E-state index in [1.54, 1.807) is 14.0 Å². The molecule has 0 saturated heterocycles. The van der Waals surface area contributed by atoms with Crippen molar-refractivity contribution in [2.45, 2.75) is 6.92 Å². The van der Waals surface area contributed by atoms with E-state index in [2.05, 4.69) is 10.3 Å². The van der Waals surface area contributed by atoms with Gasteiger partial charge in [-0.15, -0.1) is 0 Å². The van der Waals surface area contributed by atoms with E-state index >= 15 is 0 Å². The highest BCUT2D eigenvalue weighted by atomic mass is 32.1. The molecule has 6 heteroatoms. The van der Waals surface area contributed by atoms with E-state index in [0.29, 0.717) is 11.7 Å². The monoisotopic (exact) mass is 265 g/mol. The molecule has 0 radical (unpaired) electrons. The van der Waals surface area contributed by atoms with Gasteiger partial charge in [0.25, 0.3) is 0 Å². The molecule has 0 fully saturated rings. The minimum absolute atomic E-state index is 0.108. The van der Waals surface area contributed by atoms with Gasteiger partial charge in [0.05, 0.1) is 17.3 Å².